The first-order valence-electron chi connectivity index (χ1n) is 8.28. The van der Waals surface area contributed by atoms with E-state index in [-0.39, 0.29) is 6.79 Å². The standard InChI is InChI=1S/C18H17N3O5/c1-18(23)14(22)17(21-5-4-11-7-19-8-20-16(11)21)26-15(18)10-2-3-12-13(6-10)25-9-24-12/h2-8,14-15,17,22-23H,9H2,1H3/t14-,15+,17+,18-/m0/s1. The molecule has 2 aromatic heterocycles. The third kappa shape index (κ3) is 2.13. The van der Waals surface area contributed by atoms with Crippen LogP contribution in [0.25, 0.3) is 11.0 Å². The zero-order valence-electron chi connectivity index (χ0n) is 13.9. The van der Waals surface area contributed by atoms with Crippen LogP contribution in [0.3, 0.4) is 0 Å². The number of nitrogens with zero attached hydrogens (tertiary/aromatic N) is 3. The molecule has 0 radical (unpaired) electrons. The fourth-order valence-corrected chi connectivity index (χ4v) is 3.61. The first kappa shape index (κ1) is 15.6. The van der Waals surface area contributed by atoms with Crippen molar-refractivity contribution in [1.29, 1.82) is 0 Å². The molecule has 1 fully saturated rings. The molecule has 2 aliphatic rings. The summed E-state index contributed by atoms with van der Waals surface area (Å²) in [6.07, 6.45) is 2.22. The first-order chi connectivity index (χ1) is 12.6. The van der Waals surface area contributed by atoms with E-state index >= 15 is 0 Å². The van der Waals surface area contributed by atoms with Gasteiger partial charge in [0.05, 0.1) is 0 Å². The van der Waals surface area contributed by atoms with Crippen molar-refractivity contribution in [2.24, 2.45) is 0 Å². The summed E-state index contributed by atoms with van der Waals surface area (Å²) in [7, 11) is 0. The predicted molar refractivity (Wildman–Crippen MR) is 89.6 cm³/mol. The lowest BCUT2D eigenvalue weighted by Gasteiger charge is -2.26. The van der Waals surface area contributed by atoms with Gasteiger partial charge in [-0.25, -0.2) is 9.97 Å². The van der Waals surface area contributed by atoms with Crippen molar-refractivity contribution >= 4 is 11.0 Å². The second kappa shape index (κ2) is 5.41. The van der Waals surface area contributed by atoms with Gasteiger partial charge in [0.25, 0.3) is 0 Å². The van der Waals surface area contributed by atoms with Crippen LogP contribution in [0.4, 0.5) is 0 Å². The Balaban J connectivity index is 1.55. The Kier molecular flexibility index (Phi) is 3.24. The molecule has 4 atom stereocenters. The molecular weight excluding hydrogens is 338 g/mol. The van der Waals surface area contributed by atoms with E-state index in [1.54, 1.807) is 42.1 Å². The molecule has 0 saturated carbocycles. The number of ether oxygens (including phenoxy) is 3. The zero-order valence-corrected chi connectivity index (χ0v) is 13.9. The molecule has 2 N–H and O–H groups in total. The van der Waals surface area contributed by atoms with Gasteiger partial charge >= 0.3 is 0 Å². The molecule has 0 aliphatic carbocycles. The van der Waals surface area contributed by atoms with Crippen molar-refractivity contribution < 1.29 is 24.4 Å². The van der Waals surface area contributed by atoms with Gasteiger partial charge in [-0.15, -0.1) is 0 Å². The molecule has 0 spiro atoms. The Hall–Kier alpha value is -2.68. The third-order valence-electron chi connectivity index (χ3n) is 5.03. The lowest BCUT2D eigenvalue weighted by atomic mass is 9.89. The van der Waals surface area contributed by atoms with E-state index in [1.807, 2.05) is 6.07 Å². The normalized spacial score (nSPS) is 30.2. The average molecular weight is 355 g/mol. The molecule has 2 aliphatic heterocycles. The summed E-state index contributed by atoms with van der Waals surface area (Å²) >= 11 is 0. The number of fused-ring (bicyclic) bond motifs is 2. The second-order valence-electron chi connectivity index (χ2n) is 6.71. The fourth-order valence-electron chi connectivity index (χ4n) is 3.61. The van der Waals surface area contributed by atoms with Crippen LogP contribution >= 0.6 is 0 Å². The van der Waals surface area contributed by atoms with Gasteiger partial charge < -0.3 is 29.0 Å². The third-order valence-corrected chi connectivity index (χ3v) is 5.03. The molecule has 5 rings (SSSR count). The molecule has 3 aromatic rings. The van der Waals surface area contributed by atoms with Crippen molar-refractivity contribution in [3.05, 3.63) is 48.5 Å². The van der Waals surface area contributed by atoms with Crippen LogP contribution in [0.1, 0.15) is 24.8 Å². The lowest BCUT2D eigenvalue weighted by molar-refractivity contribution is -0.0646. The van der Waals surface area contributed by atoms with Gasteiger partial charge in [-0.3, -0.25) is 0 Å². The van der Waals surface area contributed by atoms with Gasteiger partial charge in [0, 0.05) is 17.8 Å². The number of hydrogen-bond donors (Lipinski definition) is 2. The Morgan fingerprint density at radius 3 is 2.96 bits per heavy atom. The second-order valence-corrected chi connectivity index (χ2v) is 6.71. The van der Waals surface area contributed by atoms with Crippen LogP contribution in [0.2, 0.25) is 0 Å². The van der Waals surface area contributed by atoms with Gasteiger partial charge in [-0.05, 0) is 30.7 Å². The van der Waals surface area contributed by atoms with E-state index in [2.05, 4.69) is 9.97 Å². The summed E-state index contributed by atoms with van der Waals surface area (Å²) in [6, 6.07) is 7.19. The number of rotatable bonds is 2. The topological polar surface area (TPSA) is 98.9 Å². The molecule has 8 nitrogen and oxygen atoms in total. The van der Waals surface area contributed by atoms with Gasteiger partial charge in [0.15, 0.2) is 17.7 Å². The zero-order chi connectivity index (χ0) is 17.9. The number of hydrogen-bond acceptors (Lipinski definition) is 7. The maximum atomic E-state index is 11.0. The summed E-state index contributed by atoms with van der Waals surface area (Å²) in [4.78, 5) is 8.25. The van der Waals surface area contributed by atoms with Crippen LogP contribution in [0.15, 0.2) is 43.0 Å². The number of aliphatic hydroxyl groups is 2. The molecule has 134 valence electrons. The molecule has 0 bridgehead atoms. The SMILES string of the molecule is C[C@@]1(O)[C@@H](c2ccc3c(c2)OCO3)O[C@@H](n2ccc3cncnc32)[C@@H]1O. The van der Waals surface area contributed by atoms with Crippen molar-refractivity contribution in [3.63, 3.8) is 0 Å². The highest BCUT2D eigenvalue weighted by Gasteiger charge is 2.53. The average Bonchev–Trinajstić information content (AvgIpc) is 3.32. The maximum Gasteiger partial charge on any atom is 0.231 e. The van der Waals surface area contributed by atoms with Gasteiger partial charge in [-0.2, -0.15) is 0 Å². The summed E-state index contributed by atoms with van der Waals surface area (Å²) < 4.78 is 18.5. The van der Waals surface area contributed by atoms with Gasteiger partial charge in [0.2, 0.25) is 6.79 Å². The summed E-state index contributed by atoms with van der Waals surface area (Å²) in [5.41, 5.74) is -0.166. The smallest absolute Gasteiger partial charge is 0.231 e. The molecule has 1 aromatic carbocycles. The van der Waals surface area contributed by atoms with Crippen molar-refractivity contribution in [2.75, 3.05) is 6.79 Å². The van der Waals surface area contributed by atoms with Crippen LogP contribution in [-0.4, -0.2) is 43.2 Å². The van der Waals surface area contributed by atoms with Crippen LogP contribution < -0.4 is 9.47 Å². The van der Waals surface area contributed by atoms with Crippen molar-refractivity contribution in [3.8, 4) is 11.5 Å². The number of aromatic nitrogens is 3. The monoisotopic (exact) mass is 355 g/mol. The first-order valence-corrected chi connectivity index (χ1v) is 8.28. The Morgan fingerprint density at radius 2 is 2.08 bits per heavy atom. The van der Waals surface area contributed by atoms with Crippen molar-refractivity contribution in [2.45, 2.75) is 31.0 Å². The summed E-state index contributed by atoms with van der Waals surface area (Å²) in [5, 5.41) is 22.6. The Bertz CT molecular complexity index is 986. The van der Waals surface area contributed by atoms with Crippen molar-refractivity contribution in [1.82, 2.24) is 14.5 Å². The summed E-state index contributed by atoms with van der Waals surface area (Å²) in [5.74, 6) is 1.25. The van der Waals surface area contributed by atoms with Gasteiger partial charge in [0.1, 0.15) is 29.8 Å². The molecule has 1 saturated heterocycles. The highest BCUT2D eigenvalue weighted by molar-refractivity contribution is 5.74. The molecular formula is C18H17N3O5. The molecule has 26 heavy (non-hydrogen) atoms. The Morgan fingerprint density at radius 1 is 1.23 bits per heavy atom. The van der Waals surface area contributed by atoms with E-state index in [4.69, 9.17) is 14.2 Å². The summed E-state index contributed by atoms with van der Waals surface area (Å²) in [6.45, 7) is 1.73. The Labute approximate surface area is 148 Å². The van der Waals surface area contributed by atoms with Crippen LogP contribution in [0.5, 0.6) is 11.5 Å². The molecule has 8 heteroatoms. The van der Waals surface area contributed by atoms with Crippen LogP contribution in [0, 0.1) is 0 Å². The lowest BCUT2D eigenvalue weighted by Crippen LogP contribution is -2.41. The van der Waals surface area contributed by atoms with E-state index in [0.29, 0.717) is 22.7 Å². The maximum absolute atomic E-state index is 11.0. The van der Waals surface area contributed by atoms with E-state index < -0.39 is 24.0 Å². The van der Waals surface area contributed by atoms with E-state index in [1.165, 1.54) is 6.33 Å². The minimum atomic E-state index is -1.50. The molecule has 0 unspecified atom stereocenters. The number of aliphatic hydroxyl groups excluding tert-OH is 1. The highest BCUT2D eigenvalue weighted by atomic mass is 16.7. The fraction of sp³-hybridized carbons (Fsp3) is 0.333. The molecule has 4 heterocycles. The number of benzene rings is 1. The highest BCUT2D eigenvalue weighted by Crippen LogP contribution is 2.48. The van der Waals surface area contributed by atoms with Gasteiger partial charge in [-0.1, -0.05) is 6.07 Å². The van der Waals surface area contributed by atoms with E-state index in [0.717, 1.165) is 5.39 Å². The largest absolute Gasteiger partial charge is 0.454 e. The van der Waals surface area contributed by atoms with Crippen LogP contribution in [-0.2, 0) is 4.74 Å². The predicted octanol–water partition coefficient (Wildman–Crippen LogP) is 1.54. The quantitative estimate of drug-likeness (QED) is 0.719. The van der Waals surface area contributed by atoms with E-state index in [9.17, 15) is 10.2 Å². The molecule has 0 amide bonds. The minimum absolute atomic E-state index is 0.168. The minimum Gasteiger partial charge on any atom is -0.454 e.